The number of nitrogens with two attached hydrogens (primary N) is 1. The summed E-state index contributed by atoms with van der Waals surface area (Å²) in [7, 11) is 1.47. The van der Waals surface area contributed by atoms with Crippen LogP contribution in [0, 0.1) is 5.41 Å². The van der Waals surface area contributed by atoms with Crippen LogP contribution in [-0.4, -0.2) is 30.1 Å². The van der Waals surface area contributed by atoms with Crippen LogP contribution in [-0.2, 0) is 4.79 Å². The minimum Gasteiger partial charge on any atom is -0.497 e. The van der Waals surface area contributed by atoms with Crippen molar-refractivity contribution in [2.75, 3.05) is 12.4 Å². The van der Waals surface area contributed by atoms with Gasteiger partial charge in [0.1, 0.15) is 5.75 Å². The van der Waals surface area contributed by atoms with E-state index < -0.39 is 5.97 Å². The maximum Gasteiger partial charge on any atom is 0.337 e. The van der Waals surface area contributed by atoms with Gasteiger partial charge in [-0.2, -0.15) is 0 Å². The topological polar surface area (TPSA) is 102 Å². The van der Waals surface area contributed by atoms with Crippen molar-refractivity contribution >= 4 is 17.6 Å². The third kappa shape index (κ3) is 4.75. The van der Waals surface area contributed by atoms with Gasteiger partial charge in [-0.05, 0) is 17.5 Å². The highest BCUT2D eigenvalue weighted by Gasteiger charge is 2.24. The molecule has 6 heteroatoms. The van der Waals surface area contributed by atoms with Crippen molar-refractivity contribution in [1.82, 2.24) is 0 Å². The van der Waals surface area contributed by atoms with Gasteiger partial charge in [0, 0.05) is 18.5 Å². The second-order valence-corrected chi connectivity index (χ2v) is 5.94. The second-order valence-electron chi connectivity index (χ2n) is 5.94. The highest BCUT2D eigenvalue weighted by molar-refractivity contribution is 6.01. The smallest absolute Gasteiger partial charge is 0.337 e. The Labute approximate surface area is 124 Å². The van der Waals surface area contributed by atoms with Gasteiger partial charge in [-0.15, -0.1) is 0 Å². The lowest BCUT2D eigenvalue weighted by Gasteiger charge is -2.26. The van der Waals surface area contributed by atoms with Gasteiger partial charge in [0.25, 0.3) is 0 Å². The Hall–Kier alpha value is -2.08. The number of anilines is 1. The Bertz CT molecular complexity index is 535. The number of methoxy groups -OCH3 is 1. The summed E-state index contributed by atoms with van der Waals surface area (Å²) >= 11 is 0. The summed E-state index contributed by atoms with van der Waals surface area (Å²) in [5.41, 5.74) is 5.96. The zero-order chi connectivity index (χ0) is 16.2. The van der Waals surface area contributed by atoms with Crippen LogP contribution in [0.4, 0.5) is 5.69 Å². The predicted octanol–water partition coefficient (Wildman–Crippen LogP) is 2.10. The van der Waals surface area contributed by atoms with Crippen LogP contribution in [0.1, 0.15) is 37.6 Å². The third-order valence-corrected chi connectivity index (χ3v) is 3.25. The first-order valence-corrected chi connectivity index (χ1v) is 6.62. The lowest BCUT2D eigenvalue weighted by molar-refractivity contribution is -0.117. The van der Waals surface area contributed by atoms with Crippen LogP contribution in [0.2, 0.25) is 0 Å². The minimum absolute atomic E-state index is 0.00785. The van der Waals surface area contributed by atoms with E-state index in [1.165, 1.54) is 25.3 Å². The summed E-state index contributed by atoms with van der Waals surface area (Å²) in [6, 6.07) is 4.07. The number of hydrogen-bond donors (Lipinski definition) is 3. The third-order valence-electron chi connectivity index (χ3n) is 3.25. The molecule has 4 N–H and O–H groups in total. The zero-order valence-corrected chi connectivity index (χ0v) is 12.8. The number of rotatable bonds is 5. The number of carbonyl (C=O) groups is 2. The molecule has 0 fully saturated rings. The number of carbonyl (C=O) groups excluding carboxylic acids is 1. The van der Waals surface area contributed by atoms with Crippen molar-refractivity contribution in [3.63, 3.8) is 0 Å². The van der Waals surface area contributed by atoms with Crippen LogP contribution < -0.4 is 15.8 Å². The number of amides is 1. The Morgan fingerprint density at radius 3 is 2.48 bits per heavy atom. The Morgan fingerprint density at radius 2 is 2.00 bits per heavy atom. The molecule has 0 aliphatic heterocycles. The molecule has 21 heavy (non-hydrogen) atoms. The molecule has 1 aromatic carbocycles. The molecule has 0 aromatic heterocycles. The van der Waals surface area contributed by atoms with Gasteiger partial charge in [-0.25, -0.2) is 4.79 Å². The number of ether oxygens (including phenoxy) is 1. The molecule has 6 nitrogen and oxygen atoms in total. The molecule has 0 spiro atoms. The molecule has 0 aliphatic rings. The Kier molecular flexibility index (Phi) is 5.32. The standard InChI is InChI=1S/C15H22N2O4/c1-15(2,3)12(16)8-13(18)17-11-7-9(21-4)5-6-10(11)14(19)20/h5-7,12H,8,16H2,1-4H3,(H,17,18)(H,19,20). The molecule has 0 saturated heterocycles. The summed E-state index contributed by atoms with van der Waals surface area (Å²) < 4.78 is 5.04. The normalized spacial score (nSPS) is 12.6. The van der Waals surface area contributed by atoms with E-state index in [1.807, 2.05) is 20.8 Å². The molecule has 0 saturated carbocycles. The summed E-state index contributed by atoms with van der Waals surface area (Å²) in [4.78, 5) is 23.2. The fraction of sp³-hybridized carbons (Fsp3) is 0.467. The molecule has 1 atom stereocenters. The summed E-state index contributed by atoms with van der Waals surface area (Å²) in [5, 5.41) is 11.7. The molecular weight excluding hydrogens is 272 g/mol. The quantitative estimate of drug-likeness (QED) is 0.772. The first kappa shape index (κ1) is 17.0. The number of carboxylic acids is 1. The molecule has 1 rings (SSSR count). The van der Waals surface area contributed by atoms with Gasteiger partial charge >= 0.3 is 5.97 Å². The van der Waals surface area contributed by atoms with Crippen molar-refractivity contribution in [3.8, 4) is 5.75 Å². The molecule has 1 unspecified atom stereocenters. The van der Waals surface area contributed by atoms with Crippen molar-refractivity contribution < 1.29 is 19.4 Å². The number of carboxylic acid groups (broad SMARTS) is 1. The van der Waals surface area contributed by atoms with Crippen molar-refractivity contribution in [3.05, 3.63) is 23.8 Å². The molecule has 0 aliphatic carbocycles. The Morgan fingerprint density at radius 1 is 1.38 bits per heavy atom. The summed E-state index contributed by atoms with van der Waals surface area (Å²) in [6.45, 7) is 5.83. The van der Waals surface area contributed by atoms with E-state index in [2.05, 4.69) is 5.32 Å². The van der Waals surface area contributed by atoms with Crippen LogP contribution in [0.3, 0.4) is 0 Å². The summed E-state index contributed by atoms with van der Waals surface area (Å²) in [5.74, 6) is -0.975. The number of benzene rings is 1. The highest BCUT2D eigenvalue weighted by Crippen LogP contribution is 2.24. The van der Waals surface area contributed by atoms with Crippen LogP contribution in [0.25, 0.3) is 0 Å². The first-order valence-electron chi connectivity index (χ1n) is 6.62. The SMILES string of the molecule is COc1ccc(C(=O)O)c(NC(=O)CC(N)C(C)(C)C)c1. The summed E-state index contributed by atoms with van der Waals surface area (Å²) in [6.07, 6.45) is 0.111. The largest absolute Gasteiger partial charge is 0.497 e. The van der Waals surface area contributed by atoms with Crippen molar-refractivity contribution in [2.45, 2.75) is 33.2 Å². The van der Waals surface area contributed by atoms with Gasteiger partial charge in [0.15, 0.2) is 0 Å². The molecule has 116 valence electrons. The van der Waals surface area contributed by atoms with E-state index in [0.717, 1.165) is 0 Å². The average Bonchev–Trinajstić information content (AvgIpc) is 2.36. The van der Waals surface area contributed by atoms with Gasteiger partial charge in [-0.3, -0.25) is 4.79 Å². The number of nitrogens with one attached hydrogen (secondary N) is 1. The maximum absolute atomic E-state index is 12.0. The molecule has 1 aromatic rings. The highest BCUT2D eigenvalue weighted by atomic mass is 16.5. The minimum atomic E-state index is -1.12. The zero-order valence-electron chi connectivity index (χ0n) is 12.8. The maximum atomic E-state index is 12.0. The van der Waals surface area contributed by atoms with E-state index in [-0.39, 0.29) is 35.0 Å². The molecule has 0 bridgehead atoms. The Balaban J connectivity index is 2.91. The number of aromatic carboxylic acids is 1. The monoisotopic (exact) mass is 294 g/mol. The van der Waals surface area contributed by atoms with Crippen LogP contribution in [0.15, 0.2) is 18.2 Å². The molecule has 1 amide bonds. The van der Waals surface area contributed by atoms with Gasteiger partial charge in [0.05, 0.1) is 18.4 Å². The average molecular weight is 294 g/mol. The molecule has 0 heterocycles. The fourth-order valence-electron chi connectivity index (χ4n) is 1.65. The van der Waals surface area contributed by atoms with E-state index in [4.69, 9.17) is 15.6 Å². The van der Waals surface area contributed by atoms with Crippen LogP contribution >= 0.6 is 0 Å². The number of hydrogen-bond acceptors (Lipinski definition) is 4. The van der Waals surface area contributed by atoms with E-state index in [0.29, 0.717) is 5.75 Å². The first-order chi connectivity index (χ1) is 9.65. The van der Waals surface area contributed by atoms with Crippen molar-refractivity contribution in [2.24, 2.45) is 11.1 Å². The van der Waals surface area contributed by atoms with Crippen molar-refractivity contribution in [1.29, 1.82) is 0 Å². The lowest BCUT2D eigenvalue weighted by atomic mass is 9.85. The van der Waals surface area contributed by atoms with Gasteiger partial charge in [-0.1, -0.05) is 20.8 Å². The van der Waals surface area contributed by atoms with E-state index >= 15 is 0 Å². The lowest BCUT2D eigenvalue weighted by Crippen LogP contribution is -2.38. The molecule has 0 radical (unpaired) electrons. The van der Waals surface area contributed by atoms with Gasteiger partial charge in [0.2, 0.25) is 5.91 Å². The van der Waals surface area contributed by atoms with E-state index in [9.17, 15) is 9.59 Å². The van der Waals surface area contributed by atoms with Crippen LogP contribution in [0.5, 0.6) is 5.75 Å². The molecular formula is C15H22N2O4. The second kappa shape index (κ2) is 6.58. The van der Waals surface area contributed by atoms with E-state index in [1.54, 1.807) is 0 Å². The predicted molar refractivity (Wildman–Crippen MR) is 80.6 cm³/mol. The fourth-order valence-corrected chi connectivity index (χ4v) is 1.65. The van der Waals surface area contributed by atoms with Gasteiger partial charge < -0.3 is 20.9 Å².